The van der Waals surface area contributed by atoms with Gasteiger partial charge in [-0.3, -0.25) is 9.69 Å². The molecular formula is C27H36ClN3O6S. The van der Waals surface area contributed by atoms with Crippen LogP contribution in [0.3, 0.4) is 0 Å². The summed E-state index contributed by atoms with van der Waals surface area (Å²) in [5, 5.41) is 3.22. The van der Waals surface area contributed by atoms with Crippen LogP contribution in [0.2, 0.25) is 5.02 Å². The molecule has 1 aliphatic rings. The highest BCUT2D eigenvalue weighted by Crippen LogP contribution is 2.28. The van der Waals surface area contributed by atoms with Crippen molar-refractivity contribution in [2.75, 3.05) is 29.6 Å². The van der Waals surface area contributed by atoms with Crippen molar-refractivity contribution in [1.82, 2.24) is 4.90 Å². The molecule has 0 aliphatic carbocycles. The van der Waals surface area contributed by atoms with E-state index in [1.54, 1.807) is 64.1 Å². The predicted octanol–water partition coefficient (Wildman–Crippen LogP) is 5.64. The minimum Gasteiger partial charge on any atom is -0.444 e. The van der Waals surface area contributed by atoms with Gasteiger partial charge in [0.1, 0.15) is 5.60 Å². The summed E-state index contributed by atoms with van der Waals surface area (Å²) >= 11 is 6.49. The van der Waals surface area contributed by atoms with E-state index in [0.29, 0.717) is 21.8 Å². The average Bonchev–Trinajstić information content (AvgIpc) is 3.35. The number of carbonyl (C=O) groups excluding carboxylic acids is 2. The highest BCUT2D eigenvalue weighted by molar-refractivity contribution is 7.86. The molecule has 38 heavy (non-hydrogen) atoms. The smallest absolute Gasteiger partial charge is 0.412 e. The number of halogens is 1. The summed E-state index contributed by atoms with van der Waals surface area (Å²) in [7, 11) is -3.87. The minimum atomic E-state index is -3.87. The van der Waals surface area contributed by atoms with Crippen LogP contribution in [0.15, 0.2) is 42.5 Å². The lowest BCUT2D eigenvalue weighted by molar-refractivity contribution is -0.0224. The molecule has 2 amide bonds. The van der Waals surface area contributed by atoms with Crippen LogP contribution in [0.25, 0.3) is 0 Å². The maximum Gasteiger partial charge on any atom is 0.412 e. The molecule has 0 saturated carbocycles. The van der Waals surface area contributed by atoms with Crippen LogP contribution in [0, 0.1) is 0 Å². The van der Waals surface area contributed by atoms with E-state index in [-0.39, 0.29) is 13.0 Å². The molecule has 0 bridgehead atoms. The fourth-order valence-electron chi connectivity index (χ4n) is 4.16. The molecule has 0 aromatic heterocycles. The normalized spacial score (nSPS) is 14.7. The van der Waals surface area contributed by atoms with Crippen LogP contribution in [0.1, 0.15) is 62.9 Å². The quantitative estimate of drug-likeness (QED) is 0.310. The van der Waals surface area contributed by atoms with E-state index in [1.807, 2.05) is 6.07 Å². The van der Waals surface area contributed by atoms with Gasteiger partial charge in [0.05, 0.1) is 23.4 Å². The molecule has 1 fully saturated rings. The number of benzene rings is 2. The van der Waals surface area contributed by atoms with Gasteiger partial charge in [0.2, 0.25) is 0 Å². The molecule has 1 heterocycles. The van der Waals surface area contributed by atoms with Crippen molar-refractivity contribution >= 4 is 45.1 Å². The van der Waals surface area contributed by atoms with E-state index in [2.05, 4.69) is 10.2 Å². The first-order valence-corrected chi connectivity index (χ1v) is 14.8. The Morgan fingerprint density at radius 1 is 1.13 bits per heavy atom. The summed E-state index contributed by atoms with van der Waals surface area (Å²) in [5.41, 5.74) is 1.49. The lowest BCUT2D eigenvalue weighted by atomic mass is 10.1. The number of ether oxygens (including phenoxy) is 1. The van der Waals surface area contributed by atoms with Crippen LogP contribution < -0.4 is 10.2 Å². The van der Waals surface area contributed by atoms with Crippen LogP contribution in [0.5, 0.6) is 0 Å². The second-order valence-corrected chi connectivity index (χ2v) is 12.2. The topological polar surface area (TPSA) is 105 Å². The number of hydrogen-bond acceptors (Lipinski definition) is 7. The molecule has 0 radical (unpaired) electrons. The van der Waals surface area contributed by atoms with Crippen LogP contribution in [0.4, 0.5) is 16.2 Å². The molecule has 1 N–H and O–H groups in total. The van der Waals surface area contributed by atoms with Crippen molar-refractivity contribution in [2.24, 2.45) is 0 Å². The van der Waals surface area contributed by atoms with E-state index < -0.39 is 33.9 Å². The Morgan fingerprint density at radius 3 is 2.37 bits per heavy atom. The van der Waals surface area contributed by atoms with E-state index >= 15 is 0 Å². The Hall–Kier alpha value is -2.82. The lowest BCUT2D eigenvalue weighted by Gasteiger charge is -2.32. The van der Waals surface area contributed by atoms with Gasteiger partial charge in [0, 0.05) is 24.5 Å². The molecule has 11 heteroatoms. The molecular weight excluding hydrogens is 530 g/mol. The summed E-state index contributed by atoms with van der Waals surface area (Å²) < 4.78 is 34.5. The molecule has 2 aromatic carbocycles. The van der Waals surface area contributed by atoms with E-state index in [4.69, 9.17) is 20.5 Å². The Balaban J connectivity index is 1.86. The number of nitrogens with zero attached hydrogens (tertiary/aromatic N) is 2. The van der Waals surface area contributed by atoms with E-state index in [9.17, 15) is 18.0 Å². The van der Waals surface area contributed by atoms with Gasteiger partial charge in [0.25, 0.3) is 16.0 Å². The molecule has 1 aliphatic heterocycles. The van der Waals surface area contributed by atoms with Crippen LogP contribution >= 0.6 is 11.6 Å². The zero-order valence-corrected chi connectivity index (χ0v) is 24.1. The molecule has 208 valence electrons. The largest absolute Gasteiger partial charge is 0.444 e. The minimum absolute atomic E-state index is 0.0684. The van der Waals surface area contributed by atoms with Gasteiger partial charge in [-0.15, -0.1) is 0 Å². The molecule has 0 spiro atoms. The summed E-state index contributed by atoms with van der Waals surface area (Å²) in [4.78, 5) is 29.7. The van der Waals surface area contributed by atoms with E-state index in [1.165, 1.54) is 4.90 Å². The standard InChI is InChI=1S/C27H36ClN3O6S/c1-6-24(37-38(5,34)35)31(26(33)36-27(2,3)4)18-19-11-7-8-12-23(19)29-25(32)21-14-13-20(17-22(21)28)30-15-9-10-16-30/h7-8,11-14,17,24H,6,9-10,15-16,18H2,1-5H3,(H,29,32)/t24-/m1/s1. The molecule has 1 saturated heterocycles. The first kappa shape index (κ1) is 29.7. The van der Waals surface area contributed by atoms with Gasteiger partial charge in [0.15, 0.2) is 6.23 Å². The summed E-state index contributed by atoms with van der Waals surface area (Å²) in [6.45, 7) is 8.71. The van der Waals surface area contributed by atoms with E-state index in [0.717, 1.165) is 37.9 Å². The first-order valence-electron chi connectivity index (χ1n) is 12.6. The van der Waals surface area contributed by atoms with Crippen molar-refractivity contribution in [1.29, 1.82) is 0 Å². The fourth-order valence-corrected chi connectivity index (χ4v) is 5.06. The third-order valence-corrected chi connectivity index (χ3v) is 6.77. The van der Waals surface area contributed by atoms with Crippen molar-refractivity contribution in [3.8, 4) is 0 Å². The zero-order valence-electron chi connectivity index (χ0n) is 22.5. The number of nitrogens with one attached hydrogen (secondary N) is 1. The zero-order chi connectivity index (χ0) is 28.1. The maximum atomic E-state index is 13.2. The van der Waals surface area contributed by atoms with Crippen molar-refractivity contribution in [2.45, 2.75) is 65.3 Å². The Bertz CT molecular complexity index is 1260. The Morgan fingerprint density at radius 2 is 1.79 bits per heavy atom. The van der Waals surface area contributed by atoms with Crippen LogP contribution in [-0.4, -0.2) is 56.5 Å². The monoisotopic (exact) mass is 565 g/mol. The second-order valence-electron chi connectivity index (χ2n) is 10.2. The Labute approximate surface area is 230 Å². The third kappa shape index (κ3) is 8.34. The molecule has 0 unspecified atom stereocenters. The van der Waals surface area contributed by atoms with Crippen molar-refractivity contribution in [3.05, 3.63) is 58.6 Å². The summed E-state index contributed by atoms with van der Waals surface area (Å²) in [6.07, 6.45) is 1.54. The second kappa shape index (κ2) is 12.4. The number of anilines is 2. The summed E-state index contributed by atoms with van der Waals surface area (Å²) in [6, 6.07) is 12.3. The van der Waals surface area contributed by atoms with Gasteiger partial charge >= 0.3 is 6.09 Å². The van der Waals surface area contributed by atoms with Gasteiger partial charge in [-0.1, -0.05) is 36.7 Å². The van der Waals surface area contributed by atoms with Gasteiger partial charge in [-0.2, -0.15) is 8.42 Å². The highest BCUT2D eigenvalue weighted by atomic mass is 35.5. The molecule has 3 rings (SSSR count). The third-order valence-electron chi connectivity index (χ3n) is 5.89. The number of rotatable bonds is 9. The number of hydrogen-bond donors (Lipinski definition) is 1. The SMILES string of the molecule is CC[C@@H](OS(C)(=O)=O)N(Cc1ccccc1NC(=O)c1ccc(N2CCCC2)cc1Cl)C(=O)OC(C)(C)C. The molecule has 2 aromatic rings. The summed E-state index contributed by atoms with van der Waals surface area (Å²) in [5.74, 6) is -0.404. The lowest BCUT2D eigenvalue weighted by Crippen LogP contribution is -2.44. The predicted molar refractivity (Wildman–Crippen MR) is 149 cm³/mol. The van der Waals surface area contributed by atoms with Crippen molar-refractivity contribution < 1.29 is 26.9 Å². The molecule has 1 atom stereocenters. The van der Waals surface area contributed by atoms with Gasteiger partial charge < -0.3 is 15.0 Å². The van der Waals surface area contributed by atoms with Crippen LogP contribution in [-0.2, 0) is 25.6 Å². The highest BCUT2D eigenvalue weighted by Gasteiger charge is 2.31. The average molecular weight is 566 g/mol. The van der Waals surface area contributed by atoms with Crippen molar-refractivity contribution in [3.63, 3.8) is 0 Å². The van der Waals surface area contributed by atoms with Gasteiger partial charge in [-0.05, 0) is 69.9 Å². The Kier molecular flexibility index (Phi) is 9.67. The number of amides is 2. The van der Waals surface area contributed by atoms with Gasteiger partial charge in [-0.25, -0.2) is 8.98 Å². The first-order chi connectivity index (χ1) is 17.8. The number of carbonyl (C=O) groups is 2. The fraction of sp³-hybridized carbons (Fsp3) is 0.481. The molecule has 9 nitrogen and oxygen atoms in total. The number of para-hydroxylation sites is 1. The maximum absolute atomic E-state index is 13.2.